The van der Waals surface area contributed by atoms with E-state index in [2.05, 4.69) is 80.7 Å². The van der Waals surface area contributed by atoms with Crippen molar-refractivity contribution in [2.45, 2.75) is 57.6 Å². The van der Waals surface area contributed by atoms with Crippen molar-refractivity contribution in [3.8, 4) is 5.75 Å². The highest BCUT2D eigenvalue weighted by Gasteiger charge is 2.35. The van der Waals surface area contributed by atoms with Crippen molar-refractivity contribution in [2.24, 2.45) is 5.92 Å². The minimum atomic E-state index is -0.0477. The summed E-state index contributed by atoms with van der Waals surface area (Å²) >= 11 is 0. The first kappa shape index (κ1) is 20.9. The molecule has 0 radical (unpaired) electrons. The molecule has 2 aromatic rings. The summed E-state index contributed by atoms with van der Waals surface area (Å²) < 4.78 is 11.7. The molecule has 1 fully saturated rings. The number of rotatable bonds is 8. The number of hydrogen-bond donors (Lipinski definition) is 1. The highest BCUT2D eigenvalue weighted by Crippen LogP contribution is 2.42. The van der Waals surface area contributed by atoms with Gasteiger partial charge in [-0.2, -0.15) is 0 Å². The lowest BCUT2D eigenvalue weighted by Gasteiger charge is -2.40. The second-order valence-corrected chi connectivity index (χ2v) is 8.58. The van der Waals surface area contributed by atoms with Gasteiger partial charge in [0.25, 0.3) is 0 Å². The van der Waals surface area contributed by atoms with E-state index in [0.717, 1.165) is 38.2 Å². The average Bonchev–Trinajstić information content (AvgIpc) is 2.71. The molecule has 0 unspecified atom stereocenters. The molecule has 0 bridgehead atoms. The minimum Gasteiger partial charge on any atom is -0.496 e. The van der Waals surface area contributed by atoms with Crippen LogP contribution < -0.4 is 10.1 Å². The molecule has 0 aliphatic carbocycles. The van der Waals surface area contributed by atoms with Gasteiger partial charge in [-0.1, -0.05) is 48.5 Å². The normalized spacial score (nSPS) is 21.1. The van der Waals surface area contributed by atoms with Crippen molar-refractivity contribution >= 4 is 0 Å². The zero-order valence-corrected chi connectivity index (χ0v) is 17.8. The van der Waals surface area contributed by atoms with Crippen LogP contribution in [0.4, 0.5) is 0 Å². The molecule has 28 heavy (non-hydrogen) atoms. The monoisotopic (exact) mass is 381 g/mol. The molecule has 2 aromatic carbocycles. The summed E-state index contributed by atoms with van der Waals surface area (Å²) in [5, 5.41) is 3.72. The van der Waals surface area contributed by atoms with E-state index in [1.165, 1.54) is 11.1 Å². The second-order valence-electron chi connectivity index (χ2n) is 8.58. The molecule has 0 spiro atoms. The Kier molecular flexibility index (Phi) is 7.14. The average molecular weight is 382 g/mol. The summed E-state index contributed by atoms with van der Waals surface area (Å²) in [6.45, 7) is 8.50. The number of ether oxygens (including phenoxy) is 2. The molecule has 1 N–H and O–H groups in total. The fourth-order valence-corrected chi connectivity index (χ4v) is 4.56. The molecule has 1 heterocycles. The molecule has 3 nitrogen and oxygen atoms in total. The Morgan fingerprint density at radius 2 is 1.82 bits per heavy atom. The third-order valence-electron chi connectivity index (χ3n) is 6.05. The van der Waals surface area contributed by atoms with E-state index in [0.29, 0.717) is 17.9 Å². The highest BCUT2D eigenvalue weighted by molar-refractivity contribution is 5.37. The van der Waals surface area contributed by atoms with E-state index >= 15 is 0 Å². The summed E-state index contributed by atoms with van der Waals surface area (Å²) in [6, 6.07) is 19.5. The molecule has 1 aliphatic heterocycles. The number of para-hydroxylation sites is 1. The minimum absolute atomic E-state index is 0.0477. The van der Waals surface area contributed by atoms with Crippen LogP contribution in [0.3, 0.4) is 0 Å². The van der Waals surface area contributed by atoms with E-state index in [1.54, 1.807) is 7.11 Å². The maximum atomic E-state index is 5.99. The predicted molar refractivity (Wildman–Crippen MR) is 116 cm³/mol. The van der Waals surface area contributed by atoms with Gasteiger partial charge in [0.2, 0.25) is 0 Å². The summed E-state index contributed by atoms with van der Waals surface area (Å²) in [4.78, 5) is 0. The van der Waals surface area contributed by atoms with Crippen LogP contribution in [0.25, 0.3) is 0 Å². The van der Waals surface area contributed by atoms with Crippen LogP contribution in [0.2, 0.25) is 0 Å². The topological polar surface area (TPSA) is 30.5 Å². The van der Waals surface area contributed by atoms with Crippen molar-refractivity contribution in [1.82, 2.24) is 5.32 Å². The van der Waals surface area contributed by atoms with E-state index < -0.39 is 0 Å². The van der Waals surface area contributed by atoms with Gasteiger partial charge < -0.3 is 14.8 Å². The first-order chi connectivity index (χ1) is 13.5. The largest absolute Gasteiger partial charge is 0.496 e. The fraction of sp³-hybridized carbons (Fsp3) is 0.520. The third kappa shape index (κ3) is 5.36. The van der Waals surface area contributed by atoms with Crippen molar-refractivity contribution in [1.29, 1.82) is 0 Å². The third-order valence-corrected chi connectivity index (χ3v) is 6.05. The smallest absolute Gasteiger partial charge is 0.122 e. The maximum Gasteiger partial charge on any atom is 0.122 e. The van der Waals surface area contributed by atoms with E-state index in [9.17, 15) is 0 Å². The van der Waals surface area contributed by atoms with Gasteiger partial charge in [-0.25, -0.2) is 0 Å². The van der Waals surface area contributed by atoms with Gasteiger partial charge in [0.1, 0.15) is 5.75 Å². The lowest BCUT2D eigenvalue weighted by atomic mass is 9.75. The van der Waals surface area contributed by atoms with Crippen LogP contribution in [-0.4, -0.2) is 25.9 Å². The second kappa shape index (κ2) is 9.58. The number of methoxy groups -OCH3 is 1. The van der Waals surface area contributed by atoms with Gasteiger partial charge in [0, 0.05) is 12.6 Å². The van der Waals surface area contributed by atoms with Crippen molar-refractivity contribution in [3.05, 3.63) is 65.7 Å². The summed E-state index contributed by atoms with van der Waals surface area (Å²) in [6.07, 6.45) is 3.29. The van der Waals surface area contributed by atoms with Crippen LogP contribution in [0, 0.1) is 5.92 Å². The first-order valence-corrected chi connectivity index (χ1v) is 10.6. The molecule has 0 aromatic heterocycles. The molecule has 0 amide bonds. The van der Waals surface area contributed by atoms with Crippen molar-refractivity contribution in [3.63, 3.8) is 0 Å². The maximum absolute atomic E-state index is 5.99. The Balaban J connectivity index is 1.73. The lowest BCUT2D eigenvalue weighted by Crippen LogP contribution is -2.37. The predicted octanol–water partition coefficient (Wildman–Crippen LogP) is 5.72. The number of benzene rings is 2. The number of nitrogens with one attached hydrogen (secondary N) is 1. The van der Waals surface area contributed by atoms with Crippen molar-refractivity contribution < 1.29 is 9.47 Å². The molecular formula is C25H35NO2. The zero-order valence-electron chi connectivity index (χ0n) is 17.8. The van der Waals surface area contributed by atoms with E-state index in [-0.39, 0.29) is 5.60 Å². The van der Waals surface area contributed by atoms with Crippen LogP contribution in [0.15, 0.2) is 54.6 Å². The van der Waals surface area contributed by atoms with Crippen LogP contribution in [0.1, 0.15) is 63.1 Å². The Morgan fingerprint density at radius 3 is 2.54 bits per heavy atom. The van der Waals surface area contributed by atoms with Gasteiger partial charge >= 0.3 is 0 Å². The molecule has 1 saturated heterocycles. The summed E-state index contributed by atoms with van der Waals surface area (Å²) in [5.41, 5.74) is 2.62. The quantitative estimate of drug-likeness (QED) is 0.634. The SMILES string of the molecule is COc1ccccc1[C@H](CCN[C@@H](C)c1ccccc1)[C@@H]1CCOC(C)(C)C1. The summed E-state index contributed by atoms with van der Waals surface area (Å²) in [7, 11) is 1.78. The molecule has 152 valence electrons. The molecule has 3 heteroatoms. The highest BCUT2D eigenvalue weighted by atomic mass is 16.5. The van der Waals surface area contributed by atoms with Crippen molar-refractivity contribution in [2.75, 3.05) is 20.3 Å². The Bertz CT molecular complexity index is 728. The van der Waals surface area contributed by atoms with Gasteiger partial charge in [0.15, 0.2) is 0 Å². The van der Waals surface area contributed by atoms with E-state index in [4.69, 9.17) is 9.47 Å². The molecular weight excluding hydrogens is 346 g/mol. The first-order valence-electron chi connectivity index (χ1n) is 10.6. The van der Waals surface area contributed by atoms with Gasteiger partial charge in [-0.05, 0) is 75.6 Å². The number of hydrogen-bond acceptors (Lipinski definition) is 3. The summed E-state index contributed by atoms with van der Waals surface area (Å²) in [5.74, 6) is 2.08. The lowest BCUT2D eigenvalue weighted by molar-refractivity contribution is -0.0773. The van der Waals surface area contributed by atoms with Crippen LogP contribution in [0.5, 0.6) is 5.75 Å². The Morgan fingerprint density at radius 1 is 1.11 bits per heavy atom. The van der Waals surface area contributed by atoms with E-state index in [1.807, 2.05) is 0 Å². The van der Waals surface area contributed by atoms with Gasteiger partial charge in [-0.15, -0.1) is 0 Å². The zero-order chi connectivity index (χ0) is 20.0. The molecule has 0 saturated carbocycles. The molecule has 3 rings (SSSR count). The fourth-order valence-electron chi connectivity index (χ4n) is 4.56. The standard InChI is InChI=1S/C25H35NO2/c1-19(20-10-6-5-7-11-20)26-16-14-22(21-15-17-28-25(2,3)18-21)23-12-8-9-13-24(23)27-4/h5-13,19,21-22,26H,14-18H2,1-4H3/t19-,21+,22+/m0/s1. The van der Waals surface area contributed by atoms with Crippen LogP contribution in [-0.2, 0) is 4.74 Å². The molecule has 1 aliphatic rings. The Labute approximate surface area is 170 Å². The van der Waals surface area contributed by atoms with Gasteiger partial charge in [0.05, 0.1) is 12.7 Å². The Hall–Kier alpha value is -1.84. The van der Waals surface area contributed by atoms with Gasteiger partial charge in [-0.3, -0.25) is 0 Å². The molecule has 3 atom stereocenters. The van der Waals surface area contributed by atoms with Crippen LogP contribution >= 0.6 is 0 Å².